The van der Waals surface area contributed by atoms with Crippen molar-refractivity contribution in [3.8, 4) is 33.4 Å². The quantitative estimate of drug-likeness (QED) is 0.186. The summed E-state index contributed by atoms with van der Waals surface area (Å²) in [6.07, 6.45) is 0.973. The maximum atomic E-state index is 3.83. The molecule has 10 rings (SSSR count). The van der Waals surface area contributed by atoms with Crippen LogP contribution in [-0.2, 0) is 11.8 Å². The Morgan fingerprint density at radius 2 is 1.25 bits per heavy atom. The zero-order valence-electron chi connectivity index (χ0n) is 21.6. The number of aromatic amines is 1. The molecular formula is C38H22BrN. The normalized spacial score (nSPS) is 17.1. The number of fused-ring (bicyclic) bond motifs is 18. The lowest BCUT2D eigenvalue weighted by molar-refractivity contribution is 0.794. The van der Waals surface area contributed by atoms with E-state index in [9.17, 15) is 0 Å². The summed E-state index contributed by atoms with van der Waals surface area (Å²) in [5.41, 5.74) is 18.8. The van der Waals surface area contributed by atoms with Gasteiger partial charge in [0.2, 0.25) is 0 Å². The van der Waals surface area contributed by atoms with Crippen LogP contribution in [0.15, 0.2) is 120 Å². The van der Waals surface area contributed by atoms with Crippen LogP contribution in [0.5, 0.6) is 0 Å². The first-order valence-electron chi connectivity index (χ1n) is 13.9. The molecule has 2 heteroatoms. The molecule has 1 unspecified atom stereocenters. The van der Waals surface area contributed by atoms with E-state index in [0.717, 1.165) is 10.9 Å². The van der Waals surface area contributed by atoms with E-state index < -0.39 is 0 Å². The lowest BCUT2D eigenvalue weighted by Crippen LogP contribution is -2.25. The third-order valence-electron chi connectivity index (χ3n) is 9.73. The van der Waals surface area contributed by atoms with Crippen LogP contribution in [0.3, 0.4) is 0 Å². The molecule has 1 aromatic heterocycles. The third kappa shape index (κ3) is 2.34. The zero-order chi connectivity index (χ0) is 26.2. The van der Waals surface area contributed by atoms with Crippen LogP contribution in [0.2, 0.25) is 0 Å². The number of nitrogens with one attached hydrogen (secondary N) is 1. The number of para-hydroxylation sites is 1. The summed E-state index contributed by atoms with van der Waals surface area (Å²) in [5, 5.41) is 2.58. The van der Waals surface area contributed by atoms with Gasteiger partial charge in [0, 0.05) is 26.3 Å². The SMILES string of the molecule is Brc1ccc2c(c1)-c1ccc3c(c1C2)-c1ccccc1C31c2ccccc2-c2c1ccc1c2[nH]c2ccccc21. The van der Waals surface area contributed by atoms with Crippen LogP contribution in [0.25, 0.3) is 55.2 Å². The van der Waals surface area contributed by atoms with E-state index >= 15 is 0 Å². The number of hydrogen-bond donors (Lipinski definition) is 1. The second-order valence-corrected chi connectivity index (χ2v) is 12.3. The summed E-state index contributed by atoms with van der Waals surface area (Å²) in [7, 11) is 0. The van der Waals surface area contributed by atoms with Crippen molar-refractivity contribution < 1.29 is 0 Å². The molecule has 1 atom stereocenters. The average Bonchev–Trinajstić information content (AvgIpc) is 3.71. The van der Waals surface area contributed by atoms with Gasteiger partial charge >= 0.3 is 0 Å². The van der Waals surface area contributed by atoms with Gasteiger partial charge in [-0.05, 0) is 85.8 Å². The molecule has 6 aromatic carbocycles. The third-order valence-corrected chi connectivity index (χ3v) is 10.2. The number of hydrogen-bond acceptors (Lipinski definition) is 0. The number of rotatable bonds is 0. The van der Waals surface area contributed by atoms with Crippen LogP contribution in [-0.4, -0.2) is 4.98 Å². The molecule has 0 radical (unpaired) electrons. The minimum Gasteiger partial charge on any atom is -0.354 e. The molecule has 7 aromatic rings. The standard InChI is InChI=1S/C38H22BrN/c39-22-14-13-21-19-29-23(28(21)20-22)15-17-32-35(29)26-8-1-4-10-30(26)38(32)31-11-5-2-9-27(31)36-33(38)18-16-25-24-7-3-6-12-34(24)40-37(25)36/h1-18,20,40H,19H2. The number of benzene rings is 6. The fourth-order valence-electron chi connectivity index (χ4n) is 8.29. The van der Waals surface area contributed by atoms with Gasteiger partial charge in [0.1, 0.15) is 0 Å². The van der Waals surface area contributed by atoms with Gasteiger partial charge in [-0.1, -0.05) is 113 Å². The van der Waals surface area contributed by atoms with E-state index in [0.29, 0.717) is 0 Å². The van der Waals surface area contributed by atoms with Gasteiger partial charge < -0.3 is 4.98 Å². The fourth-order valence-corrected chi connectivity index (χ4v) is 8.65. The summed E-state index contributed by atoms with van der Waals surface area (Å²) < 4.78 is 1.14. The molecule has 3 aliphatic carbocycles. The highest BCUT2D eigenvalue weighted by Crippen LogP contribution is 2.65. The fraction of sp³-hybridized carbons (Fsp3) is 0.0526. The van der Waals surface area contributed by atoms with E-state index in [1.165, 1.54) is 88.6 Å². The van der Waals surface area contributed by atoms with Crippen LogP contribution in [0.4, 0.5) is 0 Å². The Labute approximate surface area is 240 Å². The first-order chi connectivity index (χ1) is 19.7. The lowest BCUT2D eigenvalue weighted by Gasteiger charge is -2.30. The lowest BCUT2D eigenvalue weighted by atomic mass is 9.70. The minimum atomic E-state index is -0.340. The molecule has 0 fully saturated rings. The molecule has 1 spiro atoms. The molecule has 3 aliphatic rings. The van der Waals surface area contributed by atoms with Crippen molar-refractivity contribution in [3.05, 3.63) is 153 Å². The van der Waals surface area contributed by atoms with Crippen LogP contribution in [0, 0.1) is 0 Å². The predicted octanol–water partition coefficient (Wildman–Crippen LogP) is 10.00. The molecule has 186 valence electrons. The molecule has 1 heterocycles. The van der Waals surface area contributed by atoms with Crippen LogP contribution >= 0.6 is 15.9 Å². The largest absolute Gasteiger partial charge is 0.354 e. The first kappa shape index (κ1) is 21.4. The Balaban J connectivity index is 1.37. The maximum absolute atomic E-state index is 3.83. The van der Waals surface area contributed by atoms with Gasteiger partial charge in [-0.25, -0.2) is 0 Å². The van der Waals surface area contributed by atoms with E-state index in [1.807, 2.05) is 0 Å². The van der Waals surface area contributed by atoms with Crippen LogP contribution < -0.4 is 0 Å². The topological polar surface area (TPSA) is 15.8 Å². The van der Waals surface area contributed by atoms with Gasteiger partial charge in [0.05, 0.1) is 10.9 Å². The Morgan fingerprint density at radius 3 is 2.10 bits per heavy atom. The first-order valence-corrected chi connectivity index (χ1v) is 14.7. The molecule has 0 amide bonds. The summed E-state index contributed by atoms with van der Waals surface area (Å²) in [4.78, 5) is 3.83. The van der Waals surface area contributed by atoms with Crippen molar-refractivity contribution >= 4 is 37.7 Å². The van der Waals surface area contributed by atoms with E-state index in [1.54, 1.807) is 0 Å². The van der Waals surface area contributed by atoms with Crippen molar-refractivity contribution in [2.45, 2.75) is 11.8 Å². The molecular weight excluding hydrogens is 550 g/mol. The van der Waals surface area contributed by atoms with Gasteiger partial charge in [-0.15, -0.1) is 0 Å². The summed E-state index contributed by atoms with van der Waals surface area (Å²) >= 11 is 3.72. The van der Waals surface area contributed by atoms with E-state index in [4.69, 9.17) is 0 Å². The summed E-state index contributed by atoms with van der Waals surface area (Å²) in [6.45, 7) is 0. The van der Waals surface area contributed by atoms with Gasteiger partial charge in [0.15, 0.2) is 0 Å². The van der Waals surface area contributed by atoms with Crippen molar-refractivity contribution in [2.24, 2.45) is 0 Å². The Bertz CT molecular complexity index is 2270. The van der Waals surface area contributed by atoms with E-state index in [2.05, 4.69) is 136 Å². The highest BCUT2D eigenvalue weighted by Gasteiger charge is 2.53. The molecule has 1 N–H and O–H groups in total. The maximum Gasteiger partial charge on any atom is 0.0726 e. The Kier molecular flexibility index (Phi) is 3.86. The highest BCUT2D eigenvalue weighted by atomic mass is 79.9. The highest BCUT2D eigenvalue weighted by molar-refractivity contribution is 9.10. The second-order valence-electron chi connectivity index (χ2n) is 11.4. The van der Waals surface area contributed by atoms with Crippen molar-refractivity contribution in [2.75, 3.05) is 0 Å². The zero-order valence-corrected chi connectivity index (χ0v) is 23.1. The molecule has 1 nitrogen and oxygen atoms in total. The van der Waals surface area contributed by atoms with Crippen molar-refractivity contribution in [1.82, 2.24) is 4.98 Å². The minimum absolute atomic E-state index is 0.340. The smallest absolute Gasteiger partial charge is 0.0726 e. The van der Waals surface area contributed by atoms with Crippen molar-refractivity contribution in [1.29, 1.82) is 0 Å². The van der Waals surface area contributed by atoms with Crippen LogP contribution in [0.1, 0.15) is 33.4 Å². The summed E-state index contributed by atoms with van der Waals surface area (Å²) in [6, 6.07) is 43.3. The monoisotopic (exact) mass is 571 g/mol. The van der Waals surface area contributed by atoms with Gasteiger partial charge in [0.25, 0.3) is 0 Å². The van der Waals surface area contributed by atoms with E-state index in [-0.39, 0.29) is 5.41 Å². The number of aromatic nitrogens is 1. The molecule has 40 heavy (non-hydrogen) atoms. The second kappa shape index (κ2) is 7.21. The van der Waals surface area contributed by atoms with Crippen molar-refractivity contribution in [3.63, 3.8) is 0 Å². The molecule has 0 bridgehead atoms. The molecule has 0 aliphatic heterocycles. The number of H-pyrrole nitrogens is 1. The van der Waals surface area contributed by atoms with Gasteiger partial charge in [-0.3, -0.25) is 0 Å². The number of halogens is 1. The predicted molar refractivity (Wildman–Crippen MR) is 168 cm³/mol. The van der Waals surface area contributed by atoms with Gasteiger partial charge in [-0.2, -0.15) is 0 Å². The molecule has 0 saturated heterocycles. The summed E-state index contributed by atoms with van der Waals surface area (Å²) in [5.74, 6) is 0. The molecule has 0 saturated carbocycles. The Morgan fingerprint density at radius 1 is 0.550 bits per heavy atom. The average molecular weight is 573 g/mol. The Hall–Kier alpha value is -4.40.